The quantitative estimate of drug-likeness (QED) is 0.939. The highest BCUT2D eigenvalue weighted by Crippen LogP contribution is 2.27. The van der Waals surface area contributed by atoms with Crippen LogP contribution >= 0.6 is 11.3 Å². The fourth-order valence-electron chi connectivity index (χ4n) is 1.80. The second-order valence-electron chi connectivity index (χ2n) is 6.00. The van der Waals surface area contributed by atoms with Crippen LogP contribution in [0.5, 0.6) is 5.88 Å². The van der Waals surface area contributed by atoms with E-state index in [2.05, 4.69) is 14.9 Å². The second kappa shape index (κ2) is 5.89. The fraction of sp³-hybridized carbons (Fsp3) is 0.467. The van der Waals surface area contributed by atoms with Crippen LogP contribution in [0.2, 0.25) is 0 Å². The molecule has 2 aromatic heterocycles. The van der Waals surface area contributed by atoms with Crippen LogP contribution in [0.3, 0.4) is 0 Å². The Morgan fingerprint density at radius 1 is 1.33 bits per heavy atom. The van der Waals surface area contributed by atoms with Gasteiger partial charge in [-0.05, 0) is 39.8 Å². The van der Waals surface area contributed by atoms with Gasteiger partial charge in [-0.15, -0.1) is 11.3 Å². The average molecular weight is 306 g/mol. The van der Waals surface area contributed by atoms with Gasteiger partial charge in [0.15, 0.2) is 0 Å². The minimum atomic E-state index is -0.327. The van der Waals surface area contributed by atoms with Crippen molar-refractivity contribution >= 4 is 22.8 Å². The van der Waals surface area contributed by atoms with Crippen molar-refractivity contribution in [3.8, 4) is 5.88 Å². The number of aryl methyl sites for hydroxylation is 1. The van der Waals surface area contributed by atoms with E-state index in [-0.39, 0.29) is 5.60 Å². The van der Waals surface area contributed by atoms with Gasteiger partial charge in [0, 0.05) is 11.9 Å². The predicted octanol–water partition coefficient (Wildman–Crippen LogP) is 3.24. The summed E-state index contributed by atoms with van der Waals surface area (Å²) in [6.07, 6.45) is 0. The smallest absolute Gasteiger partial charge is 0.239 e. The van der Waals surface area contributed by atoms with E-state index < -0.39 is 0 Å². The van der Waals surface area contributed by atoms with Gasteiger partial charge < -0.3 is 15.4 Å². The lowest BCUT2D eigenvalue weighted by Gasteiger charge is -2.23. The molecule has 0 unspecified atom stereocenters. The number of anilines is 2. The van der Waals surface area contributed by atoms with Gasteiger partial charge in [0.25, 0.3) is 0 Å². The number of rotatable bonds is 4. The van der Waals surface area contributed by atoms with Gasteiger partial charge >= 0.3 is 0 Å². The van der Waals surface area contributed by atoms with Crippen molar-refractivity contribution < 1.29 is 4.74 Å². The van der Waals surface area contributed by atoms with Crippen molar-refractivity contribution in [1.29, 1.82) is 0 Å². The van der Waals surface area contributed by atoms with Gasteiger partial charge in [-0.2, -0.15) is 4.98 Å². The van der Waals surface area contributed by atoms with Gasteiger partial charge in [0.1, 0.15) is 11.4 Å². The third-order valence-corrected chi connectivity index (χ3v) is 3.81. The number of thiazole rings is 1. The first kappa shape index (κ1) is 15.6. The molecule has 0 bridgehead atoms. The summed E-state index contributed by atoms with van der Waals surface area (Å²) in [6, 6.07) is 3.74. The van der Waals surface area contributed by atoms with Crippen LogP contribution in [0.25, 0.3) is 0 Å². The Kier molecular flexibility index (Phi) is 4.37. The summed E-state index contributed by atoms with van der Waals surface area (Å²) in [6.45, 7) is 8.72. The largest absolute Gasteiger partial charge is 0.470 e. The van der Waals surface area contributed by atoms with E-state index in [0.717, 1.165) is 18.1 Å². The second-order valence-corrected chi connectivity index (χ2v) is 6.93. The van der Waals surface area contributed by atoms with E-state index in [1.54, 1.807) is 11.3 Å². The molecule has 21 heavy (non-hydrogen) atoms. The highest BCUT2D eigenvalue weighted by Gasteiger charge is 2.17. The third-order valence-electron chi connectivity index (χ3n) is 2.89. The molecule has 2 N–H and O–H groups in total. The van der Waals surface area contributed by atoms with Crippen molar-refractivity contribution in [1.82, 2.24) is 9.97 Å². The van der Waals surface area contributed by atoms with Crippen LogP contribution < -0.4 is 15.4 Å². The number of pyridine rings is 1. The average Bonchev–Trinajstić information content (AvgIpc) is 2.76. The lowest BCUT2D eigenvalue weighted by Crippen LogP contribution is -2.25. The van der Waals surface area contributed by atoms with Gasteiger partial charge in [0.05, 0.1) is 23.4 Å². The molecule has 2 rings (SSSR count). The van der Waals surface area contributed by atoms with Crippen LogP contribution in [-0.2, 0) is 6.54 Å². The first-order chi connectivity index (χ1) is 9.76. The van der Waals surface area contributed by atoms with E-state index in [9.17, 15) is 0 Å². The van der Waals surface area contributed by atoms with Crippen molar-refractivity contribution in [3.63, 3.8) is 0 Å². The molecular formula is C15H22N4OS. The molecule has 2 aromatic rings. The van der Waals surface area contributed by atoms with E-state index in [4.69, 9.17) is 10.5 Å². The van der Waals surface area contributed by atoms with Crippen molar-refractivity contribution in [2.24, 2.45) is 0 Å². The lowest BCUT2D eigenvalue weighted by atomic mass is 10.2. The minimum absolute atomic E-state index is 0.327. The number of hydrogen-bond donors (Lipinski definition) is 1. The Labute approximate surface area is 129 Å². The number of nitrogen functional groups attached to an aromatic ring is 1. The summed E-state index contributed by atoms with van der Waals surface area (Å²) in [5, 5.41) is 0. The van der Waals surface area contributed by atoms with E-state index in [1.165, 1.54) is 4.88 Å². The van der Waals surface area contributed by atoms with Crippen LogP contribution in [-0.4, -0.2) is 22.6 Å². The number of aromatic nitrogens is 2. The topological polar surface area (TPSA) is 64.3 Å². The fourth-order valence-corrected chi connectivity index (χ4v) is 2.63. The molecule has 0 aliphatic rings. The molecule has 5 nitrogen and oxygen atoms in total. The number of nitrogens with zero attached hydrogens (tertiary/aromatic N) is 3. The Hall–Kier alpha value is -1.82. The zero-order valence-corrected chi connectivity index (χ0v) is 14.0. The zero-order chi connectivity index (χ0) is 15.6. The normalized spacial score (nSPS) is 11.5. The maximum Gasteiger partial charge on any atom is 0.239 e. The number of ether oxygens (including phenoxy) is 1. The first-order valence-electron chi connectivity index (χ1n) is 6.82. The van der Waals surface area contributed by atoms with Crippen molar-refractivity contribution in [2.75, 3.05) is 17.7 Å². The highest BCUT2D eigenvalue weighted by atomic mass is 32.1. The molecule has 0 amide bonds. The van der Waals surface area contributed by atoms with Crippen LogP contribution in [0, 0.1) is 6.92 Å². The zero-order valence-electron chi connectivity index (χ0n) is 13.2. The monoisotopic (exact) mass is 306 g/mol. The maximum atomic E-state index is 5.94. The molecule has 0 aliphatic carbocycles. The Balaban J connectivity index is 2.20. The molecule has 0 spiro atoms. The lowest BCUT2D eigenvalue weighted by molar-refractivity contribution is 0.125. The molecule has 2 heterocycles. The summed E-state index contributed by atoms with van der Waals surface area (Å²) in [5.74, 6) is 1.31. The number of nitrogens with two attached hydrogens (primary N) is 1. The van der Waals surface area contributed by atoms with Gasteiger partial charge in [-0.1, -0.05) is 0 Å². The molecule has 0 saturated heterocycles. The minimum Gasteiger partial charge on any atom is -0.470 e. The predicted molar refractivity (Wildman–Crippen MR) is 88.0 cm³/mol. The molecule has 6 heteroatoms. The Bertz CT molecular complexity index is 618. The summed E-state index contributed by atoms with van der Waals surface area (Å²) >= 11 is 1.65. The number of hydrogen-bond acceptors (Lipinski definition) is 6. The van der Waals surface area contributed by atoms with Gasteiger partial charge in [-0.25, -0.2) is 4.98 Å². The van der Waals surface area contributed by atoms with Gasteiger partial charge in [0.2, 0.25) is 5.88 Å². The van der Waals surface area contributed by atoms with E-state index in [0.29, 0.717) is 11.6 Å². The summed E-state index contributed by atoms with van der Waals surface area (Å²) < 4.78 is 5.81. The third kappa shape index (κ3) is 4.07. The van der Waals surface area contributed by atoms with Crippen molar-refractivity contribution in [3.05, 3.63) is 28.2 Å². The first-order valence-corrected chi connectivity index (χ1v) is 7.70. The Morgan fingerprint density at radius 3 is 2.62 bits per heavy atom. The maximum absolute atomic E-state index is 5.94. The molecule has 0 saturated carbocycles. The van der Waals surface area contributed by atoms with E-state index >= 15 is 0 Å². The van der Waals surface area contributed by atoms with Crippen molar-refractivity contribution in [2.45, 2.75) is 39.8 Å². The SMILES string of the molecule is Cc1ncsc1CN(C)c1ccc(N)c(OC(C)(C)C)n1. The molecule has 0 aliphatic heterocycles. The van der Waals surface area contributed by atoms with Crippen LogP contribution in [0.1, 0.15) is 31.3 Å². The van der Waals surface area contributed by atoms with Gasteiger partial charge in [-0.3, -0.25) is 0 Å². The van der Waals surface area contributed by atoms with Crippen LogP contribution in [0.4, 0.5) is 11.5 Å². The summed E-state index contributed by atoms with van der Waals surface area (Å²) in [7, 11) is 2.00. The molecule has 0 fully saturated rings. The summed E-state index contributed by atoms with van der Waals surface area (Å²) in [5.41, 5.74) is 9.10. The highest BCUT2D eigenvalue weighted by molar-refractivity contribution is 7.09. The summed E-state index contributed by atoms with van der Waals surface area (Å²) in [4.78, 5) is 12.1. The molecule has 0 aromatic carbocycles. The standard InChI is InChI=1S/C15H22N4OS/c1-10-12(21-9-17-10)8-19(5)13-7-6-11(16)14(18-13)20-15(2,3)4/h6-7,9H,8,16H2,1-5H3. The van der Waals surface area contributed by atoms with E-state index in [1.807, 2.05) is 52.4 Å². The molecule has 0 atom stereocenters. The Morgan fingerprint density at radius 2 is 2.05 bits per heavy atom. The van der Waals surface area contributed by atoms with Crippen LogP contribution in [0.15, 0.2) is 17.6 Å². The molecule has 114 valence electrons. The molecular weight excluding hydrogens is 284 g/mol. The molecule has 0 radical (unpaired) electrons.